The van der Waals surface area contributed by atoms with E-state index in [1.807, 2.05) is 0 Å². The molecule has 1 aromatic heterocycles. The SMILES string of the molecule is O=S(=O)(NCCC(O)c1ccsc1)c1c(F)cccc1F. The molecule has 0 radical (unpaired) electrons. The van der Waals surface area contributed by atoms with Crippen molar-refractivity contribution in [2.75, 3.05) is 6.54 Å². The van der Waals surface area contributed by atoms with Crippen molar-refractivity contribution in [2.45, 2.75) is 17.4 Å². The first kappa shape index (κ1) is 16.0. The van der Waals surface area contributed by atoms with E-state index in [4.69, 9.17) is 0 Å². The fourth-order valence-corrected chi connectivity index (χ4v) is 3.66. The molecule has 0 aliphatic rings. The molecule has 21 heavy (non-hydrogen) atoms. The molecule has 1 atom stereocenters. The number of sulfonamides is 1. The van der Waals surface area contributed by atoms with Crippen molar-refractivity contribution in [3.05, 3.63) is 52.2 Å². The van der Waals surface area contributed by atoms with Gasteiger partial charge in [0.2, 0.25) is 10.0 Å². The number of halogens is 2. The van der Waals surface area contributed by atoms with E-state index >= 15 is 0 Å². The Kier molecular flexibility index (Phi) is 5.04. The van der Waals surface area contributed by atoms with Crippen LogP contribution >= 0.6 is 11.3 Å². The summed E-state index contributed by atoms with van der Waals surface area (Å²) in [7, 11) is -4.29. The zero-order chi connectivity index (χ0) is 15.5. The largest absolute Gasteiger partial charge is 0.388 e. The minimum atomic E-state index is -4.29. The first-order valence-corrected chi connectivity index (χ1v) is 8.48. The van der Waals surface area contributed by atoms with Gasteiger partial charge in [-0.1, -0.05) is 6.07 Å². The van der Waals surface area contributed by atoms with Gasteiger partial charge in [-0.25, -0.2) is 21.9 Å². The third-order valence-electron chi connectivity index (χ3n) is 2.83. The predicted octanol–water partition coefficient (Wildman–Crippen LogP) is 2.43. The van der Waals surface area contributed by atoms with Gasteiger partial charge in [0.05, 0.1) is 6.10 Å². The van der Waals surface area contributed by atoms with E-state index in [-0.39, 0.29) is 13.0 Å². The van der Waals surface area contributed by atoms with Gasteiger partial charge in [0.15, 0.2) is 4.90 Å². The molecule has 2 N–H and O–H groups in total. The zero-order valence-electron chi connectivity index (χ0n) is 10.8. The Bertz CT molecular complexity index is 682. The van der Waals surface area contributed by atoms with Gasteiger partial charge in [-0.2, -0.15) is 11.3 Å². The highest BCUT2D eigenvalue weighted by Crippen LogP contribution is 2.20. The summed E-state index contributed by atoms with van der Waals surface area (Å²) in [5.74, 6) is -2.30. The lowest BCUT2D eigenvalue weighted by Gasteiger charge is -2.11. The molecule has 0 fully saturated rings. The highest BCUT2D eigenvalue weighted by molar-refractivity contribution is 7.89. The molecule has 4 nitrogen and oxygen atoms in total. The topological polar surface area (TPSA) is 66.4 Å². The smallest absolute Gasteiger partial charge is 0.246 e. The lowest BCUT2D eigenvalue weighted by molar-refractivity contribution is 0.169. The molecule has 0 saturated carbocycles. The van der Waals surface area contributed by atoms with Crippen molar-refractivity contribution in [1.82, 2.24) is 4.72 Å². The summed E-state index contributed by atoms with van der Waals surface area (Å²) in [5.41, 5.74) is 0.677. The maximum Gasteiger partial charge on any atom is 0.246 e. The van der Waals surface area contributed by atoms with Crippen molar-refractivity contribution in [3.8, 4) is 0 Å². The van der Waals surface area contributed by atoms with Crippen LogP contribution in [0.3, 0.4) is 0 Å². The van der Waals surface area contributed by atoms with Gasteiger partial charge in [-0.05, 0) is 40.9 Å². The van der Waals surface area contributed by atoms with Crippen LogP contribution in [0.4, 0.5) is 8.78 Å². The van der Waals surface area contributed by atoms with E-state index in [1.54, 1.807) is 16.8 Å². The van der Waals surface area contributed by atoms with Gasteiger partial charge in [-0.15, -0.1) is 0 Å². The normalized spacial score (nSPS) is 13.3. The number of nitrogens with one attached hydrogen (secondary N) is 1. The molecule has 0 aliphatic carbocycles. The second-order valence-corrected chi connectivity index (χ2v) is 6.79. The van der Waals surface area contributed by atoms with E-state index in [0.29, 0.717) is 5.56 Å². The first-order chi connectivity index (χ1) is 9.92. The Morgan fingerprint density at radius 2 is 1.90 bits per heavy atom. The number of aliphatic hydroxyl groups excluding tert-OH is 1. The lowest BCUT2D eigenvalue weighted by Crippen LogP contribution is -2.27. The molecule has 1 aromatic carbocycles. The monoisotopic (exact) mass is 333 g/mol. The maximum atomic E-state index is 13.4. The van der Waals surface area contributed by atoms with Crippen LogP contribution in [0.5, 0.6) is 0 Å². The molecule has 1 unspecified atom stereocenters. The molecule has 2 aromatic rings. The van der Waals surface area contributed by atoms with Crippen LogP contribution in [0.25, 0.3) is 0 Å². The molecular weight excluding hydrogens is 320 g/mol. The summed E-state index contributed by atoms with van der Waals surface area (Å²) in [5, 5.41) is 13.3. The zero-order valence-corrected chi connectivity index (χ0v) is 12.4. The van der Waals surface area contributed by atoms with E-state index < -0.39 is 32.7 Å². The summed E-state index contributed by atoms with van der Waals surface area (Å²) >= 11 is 1.41. The fourth-order valence-electron chi connectivity index (χ4n) is 1.77. The van der Waals surface area contributed by atoms with Gasteiger partial charge in [0, 0.05) is 6.54 Å². The molecule has 114 valence electrons. The van der Waals surface area contributed by atoms with E-state index in [1.165, 1.54) is 11.3 Å². The third kappa shape index (κ3) is 3.85. The summed E-state index contributed by atoms with van der Waals surface area (Å²) < 4.78 is 52.7. The summed E-state index contributed by atoms with van der Waals surface area (Å²) in [6.45, 7) is -0.132. The Morgan fingerprint density at radius 1 is 1.24 bits per heavy atom. The summed E-state index contributed by atoms with van der Waals surface area (Å²) in [6.07, 6.45) is -0.726. The second-order valence-electron chi connectivity index (χ2n) is 4.31. The average Bonchev–Trinajstić information content (AvgIpc) is 2.91. The maximum absolute atomic E-state index is 13.4. The molecule has 0 spiro atoms. The quantitative estimate of drug-likeness (QED) is 0.853. The molecule has 0 amide bonds. The number of thiophene rings is 1. The fraction of sp³-hybridized carbons (Fsp3) is 0.231. The molecule has 8 heteroatoms. The Morgan fingerprint density at radius 3 is 2.48 bits per heavy atom. The highest BCUT2D eigenvalue weighted by Gasteiger charge is 2.23. The standard InChI is InChI=1S/C13H13F2NO3S2/c14-10-2-1-3-11(15)13(10)21(18,19)16-6-4-12(17)9-5-7-20-8-9/h1-3,5,7-8,12,16-17H,4,6H2. The number of hydrogen-bond donors (Lipinski definition) is 2. The average molecular weight is 333 g/mol. The van der Waals surface area contributed by atoms with Gasteiger partial charge in [-0.3, -0.25) is 0 Å². The van der Waals surface area contributed by atoms with Gasteiger partial charge < -0.3 is 5.11 Å². The molecule has 0 saturated heterocycles. The summed E-state index contributed by atoms with van der Waals surface area (Å²) in [4.78, 5) is -1.00. The van der Waals surface area contributed by atoms with E-state index in [0.717, 1.165) is 18.2 Å². The molecule has 2 rings (SSSR count). The van der Waals surface area contributed by atoms with E-state index in [9.17, 15) is 22.3 Å². The second kappa shape index (κ2) is 6.61. The van der Waals surface area contributed by atoms with Crippen LogP contribution in [-0.2, 0) is 10.0 Å². The number of benzene rings is 1. The van der Waals surface area contributed by atoms with Crippen LogP contribution in [0.15, 0.2) is 39.9 Å². The Hall–Kier alpha value is -1.35. The van der Waals surface area contributed by atoms with Crippen LogP contribution in [-0.4, -0.2) is 20.1 Å². The van der Waals surface area contributed by atoms with Gasteiger partial charge in [0.1, 0.15) is 11.6 Å². The minimum absolute atomic E-state index is 0.103. The van der Waals surface area contributed by atoms with Crippen molar-refractivity contribution < 1.29 is 22.3 Å². The Balaban J connectivity index is 2.02. The predicted molar refractivity (Wildman–Crippen MR) is 75.4 cm³/mol. The van der Waals surface area contributed by atoms with Crippen LogP contribution in [0.2, 0.25) is 0 Å². The van der Waals surface area contributed by atoms with E-state index in [2.05, 4.69) is 4.72 Å². The van der Waals surface area contributed by atoms with Crippen molar-refractivity contribution in [2.24, 2.45) is 0 Å². The lowest BCUT2D eigenvalue weighted by atomic mass is 10.1. The van der Waals surface area contributed by atoms with Crippen LogP contribution in [0, 0.1) is 11.6 Å². The van der Waals surface area contributed by atoms with Crippen LogP contribution < -0.4 is 4.72 Å². The molecular formula is C13H13F2NO3S2. The highest BCUT2D eigenvalue weighted by atomic mass is 32.2. The molecule has 0 bridgehead atoms. The first-order valence-electron chi connectivity index (χ1n) is 6.05. The minimum Gasteiger partial charge on any atom is -0.388 e. The number of hydrogen-bond acceptors (Lipinski definition) is 4. The van der Waals surface area contributed by atoms with Crippen LogP contribution in [0.1, 0.15) is 18.1 Å². The van der Waals surface area contributed by atoms with Gasteiger partial charge in [0.25, 0.3) is 0 Å². The summed E-state index contributed by atoms with van der Waals surface area (Å²) in [6, 6.07) is 4.56. The van der Waals surface area contributed by atoms with Crippen molar-refractivity contribution in [3.63, 3.8) is 0 Å². The number of rotatable bonds is 6. The molecule has 1 heterocycles. The molecule has 0 aliphatic heterocycles. The Labute approximate surface area is 125 Å². The van der Waals surface area contributed by atoms with Crippen molar-refractivity contribution >= 4 is 21.4 Å². The van der Waals surface area contributed by atoms with Gasteiger partial charge >= 0.3 is 0 Å². The third-order valence-corrected chi connectivity index (χ3v) is 5.04. The number of aliphatic hydroxyl groups is 1. The van der Waals surface area contributed by atoms with Crippen molar-refractivity contribution in [1.29, 1.82) is 0 Å².